The molecule has 0 heterocycles. The van der Waals surface area contributed by atoms with E-state index in [-0.39, 0.29) is 11.5 Å². The van der Waals surface area contributed by atoms with Crippen molar-refractivity contribution in [2.75, 3.05) is 0 Å². The molecule has 3 atom stereocenters. The van der Waals surface area contributed by atoms with Gasteiger partial charge < -0.3 is 5.73 Å². The highest BCUT2D eigenvalue weighted by Crippen LogP contribution is 2.40. The smallest absolute Gasteiger partial charge is 0.182 e. The lowest BCUT2D eigenvalue weighted by Gasteiger charge is -2.40. The van der Waals surface area contributed by atoms with Crippen LogP contribution in [0.5, 0.6) is 0 Å². The fourth-order valence-corrected chi connectivity index (χ4v) is 5.17. The minimum absolute atomic E-state index is 0.105. The van der Waals surface area contributed by atoms with Gasteiger partial charge in [-0.25, -0.2) is 8.42 Å². The predicted octanol–water partition coefficient (Wildman–Crippen LogP) is 3.66. The third-order valence-electron chi connectivity index (χ3n) is 4.61. The van der Waals surface area contributed by atoms with Crippen LogP contribution in [0.25, 0.3) is 0 Å². The van der Waals surface area contributed by atoms with Crippen LogP contribution in [0.15, 0.2) is 29.2 Å². The Hall–Kier alpha value is -0.580. The first-order chi connectivity index (χ1) is 9.62. The number of halogens is 1. The fraction of sp³-hybridized carbons (Fsp3) is 0.625. The van der Waals surface area contributed by atoms with E-state index in [2.05, 4.69) is 20.8 Å². The summed E-state index contributed by atoms with van der Waals surface area (Å²) >= 11 is 5.84. The summed E-state index contributed by atoms with van der Waals surface area (Å²) in [5, 5.41) is 0.0334. The van der Waals surface area contributed by atoms with E-state index >= 15 is 0 Å². The average molecular weight is 330 g/mol. The molecule has 5 heteroatoms. The van der Waals surface area contributed by atoms with Crippen LogP contribution in [-0.2, 0) is 9.84 Å². The first kappa shape index (κ1) is 16.8. The van der Waals surface area contributed by atoms with Crippen LogP contribution in [0, 0.1) is 11.3 Å². The Labute approximate surface area is 132 Å². The van der Waals surface area contributed by atoms with Crippen molar-refractivity contribution in [3.8, 4) is 0 Å². The van der Waals surface area contributed by atoms with Crippen LogP contribution in [0.1, 0.15) is 40.0 Å². The van der Waals surface area contributed by atoms with Crippen LogP contribution in [-0.4, -0.2) is 19.7 Å². The zero-order chi connectivity index (χ0) is 15.8. The molecule has 3 unspecified atom stereocenters. The van der Waals surface area contributed by atoms with Gasteiger partial charge in [0.25, 0.3) is 0 Å². The number of hydrogen-bond donors (Lipinski definition) is 1. The summed E-state index contributed by atoms with van der Waals surface area (Å²) in [5.74, 6) is 0.379. The van der Waals surface area contributed by atoms with E-state index in [0.29, 0.717) is 22.3 Å². The van der Waals surface area contributed by atoms with E-state index in [1.165, 1.54) is 0 Å². The van der Waals surface area contributed by atoms with Crippen molar-refractivity contribution >= 4 is 21.4 Å². The SMILES string of the molecule is CC(C)(C)C1CCC(N)C(S(=O)(=O)c2ccc(Cl)cc2)C1. The van der Waals surface area contributed by atoms with Gasteiger partial charge in [-0.3, -0.25) is 0 Å². The van der Waals surface area contributed by atoms with Gasteiger partial charge in [0.1, 0.15) is 0 Å². The Balaban J connectivity index is 2.31. The van der Waals surface area contributed by atoms with Crippen molar-refractivity contribution in [2.24, 2.45) is 17.1 Å². The second-order valence-corrected chi connectivity index (χ2v) is 9.68. The van der Waals surface area contributed by atoms with Crippen LogP contribution < -0.4 is 5.73 Å². The largest absolute Gasteiger partial charge is 0.327 e. The fourth-order valence-electron chi connectivity index (χ4n) is 3.10. The molecular formula is C16H24ClNO2S. The normalized spacial score (nSPS) is 27.6. The van der Waals surface area contributed by atoms with E-state index in [9.17, 15) is 8.42 Å². The molecule has 1 aliphatic carbocycles. The molecule has 1 fully saturated rings. The van der Waals surface area contributed by atoms with Gasteiger partial charge in [0.05, 0.1) is 10.1 Å². The molecule has 2 rings (SSSR count). The molecule has 0 saturated heterocycles. The van der Waals surface area contributed by atoms with Gasteiger partial charge >= 0.3 is 0 Å². The quantitative estimate of drug-likeness (QED) is 0.900. The number of sulfone groups is 1. The van der Waals surface area contributed by atoms with E-state index < -0.39 is 15.1 Å². The summed E-state index contributed by atoms with van der Waals surface area (Å²) in [4.78, 5) is 0.321. The van der Waals surface area contributed by atoms with Crippen LogP contribution in [0.4, 0.5) is 0 Å². The van der Waals surface area contributed by atoms with Gasteiger partial charge in [-0.2, -0.15) is 0 Å². The lowest BCUT2D eigenvalue weighted by molar-refractivity contribution is 0.171. The monoisotopic (exact) mass is 329 g/mol. The third-order valence-corrected chi connectivity index (χ3v) is 7.13. The molecule has 0 aliphatic heterocycles. The molecule has 0 spiro atoms. The molecule has 2 N–H and O–H groups in total. The third kappa shape index (κ3) is 3.61. The minimum atomic E-state index is -3.40. The molecule has 0 bridgehead atoms. The van der Waals surface area contributed by atoms with E-state index in [1.807, 2.05) is 0 Å². The van der Waals surface area contributed by atoms with Crippen LogP contribution in [0.2, 0.25) is 5.02 Å². The van der Waals surface area contributed by atoms with Crippen molar-refractivity contribution in [3.05, 3.63) is 29.3 Å². The van der Waals surface area contributed by atoms with E-state index in [0.717, 1.165) is 12.8 Å². The first-order valence-corrected chi connectivity index (χ1v) is 9.30. The van der Waals surface area contributed by atoms with Gasteiger partial charge in [0, 0.05) is 11.1 Å². The lowest BCUT2D eigenvalue weighted by atomic mass is 9.71. The van der Waals surface area contributed by atoms with E-state index in [1.54, 1.807) is 24.3 Å². The van der Waals surface area contributed by atoms with Crippen molar-refractivity contribution in [2.45, 2.75) is 56.2 Å². The summed E-state index contributed by atoms with van der Waals surface area (Å²) in [7, 11) is -3.40. The first-order valence-electron chi connectivity index (χ1n) is 7.37. The van der Waals surface area contributed by atoms with Crippen LogP contribution in [0.3, 0.4) is 0 Å². The van der Waals surface area contributed by atoms with Gasteiger partial charge in [-0.05, 0) is 54.9 Å². The minimum Gasteiger partial charge on any atom is -0.327 e. The molecule has 0 aromatic heterocycles. The molecule has 0 radical (unpaired) electrons. The number of nitrogens with two attached hydrogens (primary N) is 1. The molecule has 1 aliphatic rings. The van der Waals surface area contributed by atoms with Gasteiger partial charge in [-0.15, -0.1) is 0 Å². The summed E-state index contributed by atoms with van der Waals surface area (Å²) in [5.41, 5.74) is 6.24. The number of benzene rings is 1. The van der Waals surface area contributed by atoms with Crippen molar-refractivity contribution < 1.29 is 8.42 Å². The van der Waals surface area contributed by atoms with Gasteiger partial charge in [0.15, 0.2) is 9.84 Å². The highest BCUT2D eigenvalue weighted by molar-refractivity contribution is 7.92. The lowest BCUT2D eigenvalue weighted by Crippen LogP contribution is -2.47. The summed E-state index contributed by atoms with van der Waals surface area (Å²) in [6.07, 6.45) is 2.40. The molecule has 0 amide bonds. The summed E-state index contributed by atoms with van der Waals surface area (Å²) in [6, 6.07) is 6.09. The second kappa shape index (κ2) is 5.90. The van der Waals surface area contributed by atoms with Crippen molar-refractivity contribution in [3.63, 3.8) is 0 Å². The molecule has 118 valence electrons. The van der Waals surface area contributed by atoms with E-state index in [4.69, 9.17) is 17.3 Å². The maximum absolute atomic E-state index is 12.9. The number of rotatable bonds is 2. The highest BCUT2D eigenvalue weighted by atomic mass is 35.5. The number of hydrogen-bond acceptors (Lipinski definition) is 3. The Kier molecular flexibility index (Phi) is 4.72. The highest BCUT2D eigenvalue weighted by Gasteiger charge is 2.41. The molecular weight excluding hydrogens is 306 g/mol. The van der Waals surface area contributed by atoms with Crippen LogP contribution >= 0.6 is 11.6 Å². The standard InChI is InChI=1S/C16H24ClNO2S/c1-16(2,3)11-4-9-14(18)15(10-11)21(19,20)13-7-5-12(17)6-8-13/h5-8,11,14-15H,4,9-10,18H2,1-3H3. The summed E-state index contributed by atoms with van der Waals surface area (Å²) in [6.45, 7) is 6.50. The van der Waals surface area contributed by atoms with Gasteiger partial charge in [-0.1, -0.05) is 32.4 Å². The Bertz CT molecular complexity index is 590. The van der Waals surface area contributed by atoms with Crippen molar-refractivity contribution in [1.82, 2.24) is 0 Å². The molecule has 1 aromatic carbocycles. The zero-order valence-corrected chi connectivity index (χ0v) is 14.4. The molecule has 1 saturated carbocycles. The Morgan fingerprint density at radius 1 is 1.14 bits per heavy atom. The predicted molar refractivity (Wildman–Crippen MR) is 87.2 cm³/mol. The average Bonchev–Trinajstić information content (AvgIpc) is 2.38. The Morgan fingerprint density at radius 2 is 1.71 bits per heavy atom. The Morgan fingerprint density at radius 3 is 2.24 bits per heavy atom. The maximum Gasteiger partial charge on any atom is 0.182 e. The maximum atomic E-state index is 12.9. The van der Waals surface area contributed by atoms with Crippen molar-refractivity contribution in [1.29, 1.82) is 0 Å². The van der Waals surface area contributed by atoms with Gasteiger partial charge in [0.2, 0.25) is 0 Å². The molecule has 21 heavy (non-hydrogen) atoms. The zero-order valence-electron chi connectivity index (χ0n) is 12.8. The second-order valence-electron chi connectivity index (χ2n) is 7.08. The molecule has 3 nitrogen and oxygen atoms in total. The summed E-state index contributed by atoms with van der Waals surface area (Å²) < 4.78 is 25.7. The topological polar surface area (TPSA) is 60.2 Å². The molecule has 1 aromatic rings.